The molecule has 1 aromatic rings. The van der Waals surface area contributed by atoms with Crippen LogP contribution in [0.3, 0.4) is 0 Å². The van der Waals surface area contributed by atoms with Crippen molar-refractivity contribution >= 4 is 10.2 Å². The van der Waals surface area contributed by atoms with Crippen LogP contribution >= 0.6 is 0 Å². The van der Waals surface area contributed by atoms with E-state index in [0.29, 0.717) is 31.1 Å². The van der Waals surface area contributed by atoms with Crippen LogP contribution in [0.4, 0.5) is 0 Å². The summed E-state index contributed by atoms with van der Waals surface area (Å²) in [4.78, 5) is 4.01. The number of aliphatic hydroxyl groups excluding tert-OH is 1. The fourth-order valence-corrected chi connectivity index (χ4v) is 3.74. The summed E-state index contributed by atoms with van der Waals surface area (Å²) in [5.41, 5.74) is 0. The second kappa shape index (κ2) is 6.61. The molecule has 0 radical (unpaired) electrons. The van der Waals surface area contributed by atoms with Gasteiger partial charge in [0.1, 0.15) is 0 Å². The van der Waals surface area contributed by atoms with Crippen LogP contribution in [0.25, 0.3) is 0 Å². The Morgan fingerprint density at radius 2 is 2.30 bits per heavy atom. The molecule has 0 amide bonds. The number of rotatable bonds is 6. The SMILES string of the molecule is Cc1noc(CCNS(=O)(=O)N2CCCCC2CO)n1. The second-order valence-electron chi connectivity index (χ2n) is 4.83. The summed E-state index contributed by atoms with van der Waals surface area (Å²) < 4.78 is 33.1. The number of hydrogen-bond donors (Lipinski definition) is 2. The molecule has 1 aliphatic rings. The first-order chi connectivity index (χ1) is 9.53. The van der Waals surface area contributed by atoms with Gasteiger partial charge in [-0.15, -0.1) is 0 Å². The van der Waals surface area contributed by atoms with Crippen LogP contribution < -0.4 is 4.72 Å². The standard InChI is InChI=1S/C11H20N4O4S/c1-9-13-11(19-14-9)5-6-12-20(17,18)15-7-3-2-4-10(15)8-16/h10,12,16H,2-8H2,1H3. The number of aliphatic hydroxyl groups is 1. The minimum absolute atomic E-state index is 0.149. The average molecular weight is 304 g/mol. The maximum atomic E-state index is 12.2. The zero-order chi connectivity index (χ0) is 14.6. The zero-order valence-corrected chi connectivity index (χ0v) is 12.3. The molecule has 114 valence electrons. The monoisotopic (exact) mass is 304 g/mol. The molecule has 20 heavy (non-hydrogen) atoms. The Balaban J connectivity index is 1.89. The molecule has 2 N–H and O–H groups in total. The quantitative estimate of drug-likeness (QED) is 0.740. The molecule has 2 heterocycles. The molecule has 0 aliphatic carbocycles. The van der Waals surface area contributed by atoms with Crippen molar-refractivity contribution in [3.8, 4) is 0 Å². The molecule has 1 unspecified atom stereocenters. The lowest BCUT2D eigenvalue weighted by molar-refractivity contribution is 0.154. The first kappa shape index (κ1) is 15.4. The number of aryl methyl sites for hydroxylation is 1. The van der Waals surface area contributed by atoms with Crippen molar-refractivity contribution in [1.82, 2.24) is 19.2 Å². The van der Waals surface area contributed by atoms with Crippen LogP contribution in [0, 0.1) is 6.92 Å². The first-order valence-corrected chi connectivity index (χ1v) is 8.13. The van der Waals surface area contributed by atoms with Gasteiger partial charge < -0.3 is 9.63 Å². The molecule has 0 aromatic carbocycles. The van der Waals surface area contributed by atoms with Gasteiger partial charge in [0, 0.05) is 25.6 Å². The number of nitrogens with one attached hydrogen (secondary N) is 1. The minimum Gasteiger partial charge on any atom is -0.395 e. The molecule has 1 atom stereocenters. The normalized spacial score (nSPS) is 21.2. The fourth-order valence-electron chi connectivity index (χ4n) is 2.28. The molecule has 1 aliphatic heterocycles. The third kappa shape index (κ3) is 3.75. The molecular weight excluding hydrogens is 284 g/mol. The Morgan fingerprint density at radius 1 is 1.50 bits per heavy atom. The van der Waals surface area contributed by atoms with Gasteiger partial charge in [0.05, 0.1) is 6.61 Å². The summed E-state index contributed by atoms with van der Waals surface area (Å²) in [7, 11) is -3.57. The smallest absolute Gasteiger partial charge is 0.279 e. The third-order valence-electron chi connectivity index (χ3n) is 3.29. The number of nitrogens with zero attached hydrogens (tertiary/aromatic N) is 3. The maximum absolute atomic E-state index is 12.2. The van der Waals surface area contributed by atoms with Crippen LogP contribution in [0.5, 0.6) is 0 Å². The lowest BCUT2D eigenvalue weighted by atomic mass is 10.1. The van der Waals surface area contributed by atoms with E-state index in [4.69, 9.17) is 4.52 Å². The summed E-state index contributed by atoms with van der Waals surface area (Å²) in [6.07, 6.45) is 2.80. The molecule has 9 heteroatoms. The summed E-state index contributed by atoms with van der Waals surface area (Å²) in [5, 5.41) is 12.9. The molecular formula is C11H20N4O4S. The van der Waals surface area contributed by atoms with Crippen LogP contribution in [0.15, 0.2) is 4.52 Å². The summed E-state index contributed by atoms with van der Waals surface area (Å²) >= 11 is 0. The molecule has 1 fully saturated rings. The first-order valence-electron chi connectivity index (χ1n) is 6.69. The van der Waals surface area contributed by atoms with E-state index in [2.05, 4.69) is 14.9 Å². The van der Waals surface area contributed by atoms with E-state index >= 15 is 0 Å². The Labute approximate surface area is 118 Å². The minimum atomic E-state index is -3.57. The van der Waals surface area contributed by atoms with Gasteiger partial charge in [-0.2, -0.15) is 17.7 Å². The van der Waals surface area contributed by atoms with Crippen LogP contribution in [0.2, 0.25) is 0 Å². The van der Waals surface area contributed by atoms with Crippen molar-refractivity contribution in [2.45, 2.75) is 38.6 Å². The highest BCUT2D eigenvalue weighted by Gasteiger charge is 2.31. The Hall–Kier alpha value is -1.03. The molecule has 0 saturated carbocycles. The van der Waals surface area contributed by atoms with E-state index in [1.807, 2.05) is 0 Å². The van der Waals surface area contributed by atoms with Gasteiger partial charge in [-0.25, -0.2) is 4.72 Å². The van der Waals surface area contributed by atoms with Crippen LogP contribution in [0.1, 0.15) is 31.0 Å². The predicted octanol–water partition coefficient (Wildman–Crippen LogP) is -0.398. The van der Waals surface area contributed by atoms with Gasteiger partial charge in [-0.1, -0.05) is 11.6 Å². The third-order valence-corrected chi connectivity index (χ3v) is 4.95. The molecule has 0 spiro atoms. The van der Waals surface area contributed by atoms with Gasteiger partial charge >= 0.3 is 0 Å². The van der Waals surface area contributed by atoms with Crippen LogP contribution in [-0.4, -0.2) is 53.7 Å². The average Bonchev–Trinajstić information content (AvgIpc) is 2.84. The molecule has 2 rings (SSSR count). The number of hydrogen-bond acceptors (Lipinski definition) is 6. The van der Waals surface area contributed by atoms with E-state index in [1.54, 1.807) is 6.92 Å². The van der Waals surface area contributed by atoms with Crippen LogP contribution in [-0.2, 0) is 16.6 Å². The highest BCUT2D eigenvalue weighted by molar-refractivity contribution is 7.87. The molecule has 1 aromatic heterocycles. The fraction of sp³-hybridized carbons (Fsp3) is 0.818. The zero-order valence-electron chi connectivity index (χ0n) is 11.4. The Bertz CT molecular complexity index is 530. The molecule has 8 nitrogen and oxygen atoms in total. The summed E-state index contributed by atoms with van der Waals surface area (Å²) in [6, 6.07) is -0.327. The van der Waals surface area contributed by atoms with E-state index in [0.717, 1.165) is 12.8 Å². The van der Waals surface area contributed by atoms with E-state index in [9.17, 15) is 13.5 Å². The van der Waals surface area contributed by atoms with Crippen molar-refractivity contribution in [3.05, 3.63) is 11.7 Å². The van der Waals surface area contributed by atoms with E-state index in [-0.39, 0.29) is 19.2 Å². The van der Waals surface area contributed by atoms with Gasteiger partial charge in [0.25, 0.3) is 10.2 Å². The van der Waals surface area contributed by atoms with Crippen molar-refractivity contribution in [2.24, 2.45) is 0 Å². The lowest BCUT2D eigenvalue weighted by Gasteiger charge is -2.33. The number of piperidine rings is 1. The van der Waals surface area contributed by atoms with Gasteiger partial charge in [-0.05, 0) is 19.8 Å². The van der Waals surface area contributed by atoms with Gasteiger partial charge in [0.2, 0.25) is 5.89 Å². The highest BCUT2D eigenvalue weighted by Crippen LogP contribution is 2.19. The largest absolute Gasteiger partial charge is 0.395 e. The summed E-state index contributed by atoms with van der Waals surface area (Å²) in [6.45, 7) is 2.19. The van der Waals surface area contributed by atoms with E-state index in [1.165, 1.54) is 4.31 Å². The van der Waals surface area contributed by atoms with Crippen molar-refractivity contribution < 1.29 is 18.0 Å². The molecule has 0 bridgehead atoms. The second-order valence-corrected chi connectivity index (χ2v) is 6.54. The Morgan fingerprint density at radius 3 is 2.95 bits per heavy atom. The Kier molecular flexibility index (Phi) is 5.08. The highest BCUT2D eigenvalue weighted by atomic mass is 32.2. The van der Waals surface area contributed by atoms with E-state index < -0.39 is 10.2 Å². The van der Waals surface area contributed by atoms with Crippen molar-refractivity contribution in [2.75, 3.05) is 19.7 Å². The number of aromatic nitrogens is 2. The predicted molar refractivity (Wildman–Crippen MR) is 71.1 cm³/mol. The lowest BCUT2D eigenvalue weighted by Crippen LogP contribution is -2.50. The topological polar surface area (TPSA) is 109 Å². The molecule has 1 saturated heterocycles. The maximum Gasteiger partial charge on any atom is 0.279 e. The van der Waals surface area contributed by atoms with Crippen molar-refractivity contribution in [1.29, 1.82) is 0 Å². The van der Waals surface area contributed by atoms with Gasteiger partial charge in [0.15, 0.2) is 5.82 Å². The summed E-state index contributed by atoms with van der Waals surface area (Å²) in [5.74, 6) is 0.932. The van der Waals surface area contributed by atoms with Gasteiger partial charge in [-0.3, -0.25) is 0 Å². The van der Waals surface area contributed by atoms with Crippen molar-refractivity contribution in [3.63, 3.8) is 0 Å².